The first-order valence-electron chi connectivity index (χ1n) is 8.81. The Bertz CT molecular complexity index is 621. The van der Waals surface area contributed by atoms with Gasteiger partial charge in [0, 0.05) is 6.54 Å². The van der Waals surface area contributed by atoms with Crippen LogP contribution in [0.25, 0.3) is 0 Å². The van der Waals surface area contributed by atoms with E-state index in [1.54, 1.807) is 4.90 Å². The lowest BCUT2D eigenvalue weighted by Gasteiger charge is -2.30. The zero-order valence-electron chi connectivity index (χ0n) is 14.8. The highest BCUT2D eigenvalue weighted by Crippen LogP contribution is 2.38. The number of unbranched alkanes of at least 4 members (excludes halogenated alkanes) is 1. The van der Waals surface area contributed by atoms with Gasteiger partial charge in [0.05, 0.1) is 11.6 Å². The maximum absolute atomic E-state index is 12.6. The molecule has 24 heavy (non-hydrogen) atoms. The minimum absolute atomic E-state index is 0.219. The monoisotopic (exact) mass is 329 g/mol. The molecule has 2 rings (SSSR count). The van der Waals surface area contributed by atoms with Crippen LogP contribution >= 0.6 is 0 Å². The molecule has 1 N–H and O–H groups in total. The number of Topliss-reactive ketones (excluding diaryl/α,β-unsaturated/α-hetero) is 1. The minimum Gasteiger partial charge on any atom is -0.503 e. The Morgan fingerprint density at radius 2 is 1.92 bits per heavy atom. The number of hydrogen-bond donors (Lipinski definition) is 1. The molecule has 1 aliphatic rings. The highest BCUT2D eigenvalue weighted by atomic mass is 16.3. The average Bonchev–Trinajstić information content (AvgIpc) is 2.84. The molecule has 0 radical (unpaired) electrons. The van der Waals surface area contributed by atoms with Crippen LogP contribution in [0.2, 0.25) is 0 Å². The third kappa shape index (κ3) is 3.69. The summed E-state index contributed by atoms with van der Waals surface area (Å²) in [4.78, 5) is 26.3. The number of amides is 1. The lowest BCUT2D eigenvalue weighted by molar-refractivity contribution is -0.130. The van der Waals surface area contributed by atoms with Gasteiger partial charge in [-0.15, -0.1) is 0 Å². The Balaban J connectivity index is 2.35. The Labute approximate surface area is 144 Å². The van der Waals surface area contributed by atoms with Gasteiger partial charge in [0.25, 0.3) is 5.91 Å². The van der Waals surface area contributed by atoms with E-state index in [1.165, 1.54) is 6.92 Å². The number of rotatable bonds is 8. The molecule has 0 saturated carbocycles. The van der Waals surface area contributed by atoms with Crippen molar-refractivity contribution in [3.63, 3.8) is 0 Å². The number of carbonyl (C=O) groups is 2. The standard InChI is InChI=1S/C20H27NO3/c1-4-6-10-15(5-2)13-21-18(16-11-8-7-9-12-16)17(14(3)22)19(23)20(21)24/h7-9,11-12,15,18,23H,4-6,10,13H2,1-3H3/t15-,18+/m1/s1. The number of benzene rings is 1. The molecular formula is C20H27NO3. The van der Waals surface area contributed by atoms with Crippen molar-refractivity contribution in [2.45, 2.75) is 52.5 Å². The van der Waals surface area contributed by atoms with Crippen molar-refractivity contribution < 1.29 is 14.7 Å². The molecule has 2 atom stereocenters. The van der Waals surface area contributed by atoms with Gasteiger partial charge in [-0.2, -0.15) is 0 Å². The van der Waals surface area contributed by atoms with Crippen molar-refractivity contribution >= 4 is 11.7 Å². The van der Waals surface area contributed by atoms with E-state index in [0.717, 1.165) is 31.2 Å². The molecule has 1 aliphatic heterocycles. The van der Waals surface area contributed by atoms with Crippen LogP contribution in [0.15, 0.2) is 41.7 Å². The summed E-state index contributed by atoms with van der Waals surface area (Å²) in [6.45, 7) is 6.25. The zero-order chi connectivity index (χ0) is 17.7. The summed E-state index contributed by atoms with van der Waals surface area (Å²) in [6, 6.07) is 9.00. The average molecular weight is 329 g/mol. The summed E-state index contributed by atoms with van der Waals surface area (Å²) in [5.74, 6) is -0.691. The van der Waals surface area contributed by atoms with Crippen molar-refractivity contribution in [2.24, 2.45) is 5.92 Å². The van der Waals surface area contributed by atoms with Crippen molar-refractivity contribution in [3.8, 4) is 0 Å². The van der Waals surface area contributed by atoms with E-state index in [2.05, 4.69) is 13.8 Å². The largest absolute Gasteiger partial charge is 0.503 e. The van der Waals surface area contributed by atoms with E-state index in [0.29, 0.717) is 12.5 Å². The lowest BCUT2D eigenvalue weighted by Crippen LogP contribution is -2.35. The predicted octanol–water partition coefficient (Wildman–Crippen LogP) is 4.19. The Morgan fingerprint density at radius 1 is 1.25 bits per heavy atom. The van der Waals surface area contributed by atoms with Crippen LogP contribution < -0.4 is 0 Å². The summed E-state index contributed by atoms with van der Waals surface area (Å²) in [6.07, 6.45) is 4.26. The molecule has 0 aliphatic carbocycles. The number of aliphatic hydroxyl groups is 1. The highest BCUT2D eigenvalue weighted by molar-refractivity contribution is 6.08. The van der Waals surface area contributed by atoms with Gasteiger partial charge in [-0.3, -0.25) is 9.59 Å². The van der Waals surface area contributed by atoms with Gasteiger partial charge in [-0.1, -0.05) is 63.4 Å². The number of hydrogen-bond acceptors (Lipinski definition) is 3. The maximum atomic E-state index is 12.6. The molecule has 1 amide bonds. The Hall–Kier alpha value is -2.10. The molecule has 0 fully saturated rings. The smallest absolute Gasteiger partial charge is 0.290 e. The van der Waals surface area contributed by atoms with Gasteiger partial charge >= 0.3 is 0 Å². The molecule has 0 unspecified atom stereocenters. The van der Waals surface area contributed by atoms with Crippen LogP contribution in [0.3, 0.4) is 0 Å². The summed E-state index contributed by atoms with van der Waals surface area (Å²) >= 11 is 0. The van der Waals surface area contributed by atoms with Gasteiger partial charge in [0.1, 0.15) is 0 Å². The molecule has 0 spiro atoms. The number of ketones is 1. The second kappa shape index (κ2) is 8.13. The van der Waals surface area contributed by atoms with Crippen molar-refractivity contribution in [3.05, 3.63) is 47.2 Å². The third-order valence-corrected chi connectivity index (χ3v) is 4.80. The van der Waals surface area contributed by atoms with Gasteiger partial charge < -0.3 is 10.0 Å². The summed E-state index contributed by atoms with van der Waals surface area (Å²) < 4.78 is 0. The highest BCUT2D eigenvalue weighted by Gasteiger charge is 2.42. The summed E-state index contributed by atoms with van der Waals surface area (Å²) in [5, 5.41) is 10.3. The fourth-order valence-electron chi connectivity index (χ4n) is 3.38. The molecule has 0 saturated heterocycles. The number of aliphatic hydroxyl groups excluding tert-OH is 1. The molecule has 0 aromatic heterocycles. The molecular weight excluding hydrogens is 302 g/mol. The van der Waals surface area contributed by atoms with Crippen molar-refractivity contribution in [1.82, 2.24) is 4.90 Å². The number of carbonyl (C=O) groups excluding carboxylic acids is 2. The van der Waals surface area contributed by atoms with Crippen LogP contribution in [0.1, 0.15) is 58.1 Å². The Kier molecular flexibility index (Phi) is 6.18. The van der Waals surface area contributed by atoms with Crippen LogP contribution in [0, 0.1) is 5.92 Å². The molecule has 1 aromatic carbocycles. The predicted molar refractivity (Wildman–Crippen MR) is 94.5 cm³/mol. The van der Waals surface area contributed by atoms with Crippen molar-refractivity contribution in [1.29, 1.82) is 0 Å². The molecule has 130 valence electrons. The van der Waals surface area contributed by atoms with Crippen LogP contribution in [0.5, 0.6) is 0 Å². The Morgan fingerprint density at radius 3 is 2.46 bits per heavy atom. The summed E-state index contributed by atoms with van der Waals surface area (Å²) in [7, 11) is 0. The van der Waals surface area contributed by atoms with Crippen LogP contribution in [-0.4, -0.2) is 28.2 Å². The van der Waals surface area contributed by atoms with E-state index in [4.69, 9.17) is 0 Å². The topological polar surface area (TPSA) is 57.6 Å². The SMILES string of the molecule is CCCC[C@@H](CC)CN1C(=O)C(O)=C(C(C)=O)[C@@H]1c1ccccc1. The molecule has 4 heteroatoms. The first-order chi connectivity index (χ1) is 11.5. The molecule has 0 bridgehead atoms. The van der Waals surface area contributed by atoms with E-state index in [-0.39, 0.29) is 17.1 Å². The molecule has 4 nitrogen and oxygen atoms in total. The van der Waals surface area contributed by atoms with E-state index >= 15 is 0 Å². The van der Waals surface area contributed by atoms with Crippen LogP contribution in [-0.2, 0) is 9.59 Å². The molecule has 1 aromatic rings. The second-order valence-electron chi connectivity index (χ2n) is 6.51. The second-order valence-corrected chi connectivity index (χ2v) is 6.51. The van der Waals surface area contributed by atoms with Crippen LogP contribution in [0.4, 0.5) is 0 Å². The zero-order valence-corrected chi connectivity index (χ0v) is 14.8. The first kappa shape index (κ1) is 18.2. The van der Waals surface area contributed by atoms with Gasteiger partial charge in [0.15, 0.2) is 11.5 Å². The van der Waals surface area contributed by atoms with Gasteiger partial charge in [-0.05, 0) is 24.8 Å². The third-order valence-electron chi connectivity index (χ3n) is 4.80. The first-order valence-corrected chi connectivity index (χ1v) is 8.81. The van der Waals surface area contributed by atoms with Crippen molar-refractivity contribution in [2.75, 3.05) is 6.54 Å². The van der Waals surface area contributed by atoms with E-state index < -0.39 is 11.9 Å². The minimum atomic E-state index is -0.480. The normalized spacial score (nSPS) is 19.0. The number of nitrogens with zero attached hydrogens (tertiary/aromatic N) is 1. The molecule has 1 heterocycles. The van der Waals surface area contributed by atoms with E-state index in [1.807, 2.05) is 30.3 Å². The maximum Gasteiger partial charge on any atom is 0.290 e. The van der Waals surface area contributed by atoms with Gasteiger partial charge in [-0.25, -0.2) is 0 Å². The quantitative estimate of drug-likeness (QED) is 0.778. The lowest BCUT2D eigenvalue weighted by atomic mass is 9.94. The summed E-state index contributed by atoms with van der Waals surface area (Å²) in [5.41, 5.74) is 1.09. The fourth-order valence-corrected chi connectivity index (χ4v) is 3.38. The van der Waals surface area contributed by atoms with Gasteiger partial charge in [0.2, 0.25) is 0 Å². The fraction of sp³-hybridized carbons (Fsp3) is 0.500. The van der Waals surface area contributed by atoms with E-state index in [9.17, 15) is 14.7 Å².